The van der Waals surface area contributed by atoms with Crippen molar-refractivity contribution in [2.75, 3.05) is 6.54 Å². The van der Waals surface area contributed by atoms with Crippen molar-refractivity contribution in [1.29, 1.82) is 0 Å². The van der Waals surface area contributed by atoms with E-state index in [1.54, 1.807) is 29.5 Å². The number of rotatable bonds is 9. The highest BCUT2D eigenvalue weighted by Gasteiger charge is 2.30. The summed E-state index contributed by atoms with van der Waals surface area (Å²) in [6.45, 7) is 0.535. The third kappa shape index (κ3) is 5.36. The lowest BCUT2D eigenvalue weighted by Crippen LogP contribution is -2.32. The van der Waals surface area contributed by atoms with E-state index in [4.69, 9.17) is 0 Å². The molecule has 1 saturated carbocycles. The number of unbranched alkanes of at least 4 members (excludes halogenated alkanes) is 2. The van der Waals surface area contributed by atoms with Crippen LogP contribution in [-0.2, 0) is 14.8 Å². The molecule has 1 aliphatic carbocycles. The summed E-state index contributed by atoms with van der Waals surface area (Å²) < 4.78 is 26.7. The fraction of sp³-hybridized carbons (Fsp3) is 0.478. The summed E-state index contributed by atoms with van der Waals surface area (Å²) in [4.78, 5) is 18.5. The van der Waals surface area contributed by atoms with E-state index in [1.165, 1.54) is 30.6 Å². The topological polar surface area (TPSA) is 87.6 Å². The van der Waals surface area contributed by atoms with Gasteiger partial charge in [0.25, 0.3) is 10.0 Å². The van der Waals surface area contributed by atoms with Gasteiger partial charge in [-0.1, -0.05) is 37.5 Å². The summed E-state index contributed by atoms with van der Waals surface area (Å²) in [5.74, 6) is 1.09. The molecule has 8 heteroatoms. The van der Waals surface area contributed by atoms with E-state index in [9.17, 15) is 13.2 Å². The van der Waals surface area contributed by atoms with Crippen LogP contribution in [0.3, 0.4) is 0 Å². The van der Waals surface area contributed by atoms with E-state index >= 15 is 0 Å². The molecule has 1 aromatic carbocycles. The summed E-state index contributed by atoms with van der Waals surface area (Å²) in [6, 6.07) is 11.2. The first-order valence-corrected chi connectivity index (χ1v) is 13.4. The van der Waals surface area contributed by atoms with Crippen LogP contribution in [0.1, 0.15) is 67.8 Å². The Morgan fingerprint density at radius 3 is 2.71 bits per heavy atom. The lowest BCUT2D eigenvalue weighted by atomic mass is 9.96. The van der Waals surface area contributed by atoms with Crippen LogP contribution in [0.25, 0.3) is 0 Å². The lowest BCUT2D eigenvalue weighted by molar-refractivity contribution is -0.122. The van der Waals surface area contributed by atoms with Gasteiger partial charge in [-0.25, -0.2) is 8.42 Å². The van der Waals surface area contributed by atoms with Crippen LogP contribution in [0.15, 0.2) is 51.7 Å². The van der Waals surface area contributed by atoms with Crippen molar-refractivity contribution >= 4 is 33.1 Å². The van der Waals surface area contributed by atoms with Crippen LogP contribution >= 0.6 is 11.3 Å². The molecule has 0 bridgehead atoms. The van der Waals surface area contributed by atoms with Gasteiger partial charge in [-0.3, -0.25) is 14.5 Å². The molecule has 166 valence electrons. The zero-order valence-electron chi connectivity index (χ0n) is 17.5. The Hall–Kier alpha value is -2.19. The molecule has 2 aliphatic rings. The van der Waals surface area contributed by atoms with Crippen molar-refractivity contribution < 1.29 is 13.2 Å². The number of hydrogen-bond acceptors (Lipinski definition) is 5. The Morgan fingerprint density at radius 1 is 1.13 bits per heavy atom. The van der Waals surface area contributed by atoms with Crippen LogP contribution in [0.5, 0.6) is 0 Å². The minimum atomic E-state index is -3.48. The SMILES string of the molecule is O=C(CCCCCN=C1NS(=O)(=O)c2ccccc21)NC(c1cccs1)C1CCCC1. The van der Waals surface area contributed by atoms with Crippen molar-refractivity contribution in [1.82, 2.24) is 10.0 Å². The average molecular weight is 460 g/mol. The number of thiophene rings is 1. The average Bonchev–Trinajstić information content (AvgIpc) is 3.51. The molecular formula is C23H29N3O3S2. The van der Waals surface area contributed by atoms with Gasteiger partial charge < -0.3 is 5.32 Å². The number of carbonyl (C=O) groups excluding carboxylic acids is 1. The monoisotopic (exact) mass is 459 g/mol. The number of aliphatic imine (C=N–C) groups is 1. The highest BCUT2D eigenvalue weighted by atomic mass is 32.2. The Morgan fingerprint density at radius 2 is 1.94 bits per heavy atom. The molecule has 0 radical (unpaired) electrons. The Labute approximate surface area is 188 Å². The highest BCUT2D eigenvalue weighted by molar-refractivity contribution is 7.90. The molecule has 4 rings (SSSR count). The fourth-order valence-corrected chi connectivity index (χ4v) is 6.56. The Kier molecular flexibility index (Phi) is 7.07. The maximum absolute atomic E-state index is 12.5. The van der Waals surface area contributed by atoms with Crippen molar-refractivity contribution in [2.45, 2.75) is 62.3 Å². The molecular weight excluding hydrogens is 430 g/mol. The van der Waals surface area contributed by atoms with Crippen molar-refractivity contribution in [3.63, 3.8) is 0 Å². The quantitative estimate of drug-likeness (QED) is 0.545. The third-order valence-corrected chi connectivity index (χ3v) is 8.38. The zero-order chi connectivity index (χ0) is 21.7. The highest BCUT2D eigenvalue weighted by Crippen LogP contribution is 2.37. The van der Waals surface area contributed by atoms with Gasteiger partial charge in [0.1, 0.15) is 5.84 Å². The number of benzene rings is 1. The molecule has 2 aromatic rings. The van der Waals surface area contributed by atoms with E-state index in [-0.39, 0.29) is 16.8 Å². The van der Waals surface area contributed by atoms with Gasteiger partial charge >= 0.3 is 0 Å². The van der Waals surface area contributed by atoms with Gasteiger partial charge in [-0.2, -0.15) is 0 Å². The first kappa shape index (κ1) is 22.0. The van der Waals surface area contributed by atoms with Gasteiger partial charge in [-0.15, -0.1) is 11.3 Å². The standard InChI is InChI=1S/C23H29N3O3S2/c27-21(25-22(17-9-3-4-10-17)19-12-8-16-30-19)14-2-1-7-15-24-23-18-11-5-6-13-20(18)31(28,29)26-23/h5-6,8,11-13,16-17,22H,1-4,7,9-10,14-15H2,(H,24,26)(H,25,27). The van der Waals surface area contributed by atoms with Gasteiger partial charge in [0.2, 0.25) is 5.91 Å². The minimum absolute atomic E-state index is 0.120. The molecule has 0 spiro atoms. The Bertz CT molecular complexity index is 1030. The van der Waals surface area contributed by atoms with Crippen LogP contribution in [0, 0.1) is 5.92 Å². The number of carbonyl (C=O) groups is 1. The summed E-state index contributed by atoms with van der Waals surface area (Å²) in [7, 11) is -3.48. The largest absolute Gasteiger partial charge is 0.348 e. The van der Waals surface area contributed by atoms with Gasteiger partial charge in [0, 0.05) is 23.4 Å². The smallest absolute Gasteiger partial charge is 0.263 e. The maximum atomic E-state index is 12.5. The molecule has 1 aromatic heterocycles. The molecule has 1 aliphatic heterocycles. The molecule has 1 unspecified atom stereocenters. The van der Waals surface area contributed by atoms with Crippen molar-refractivity contribution in [2.24, 2.45) is 10.9 Å². The van der Waals surface area contributed by atoms with Crippen LogP contribution in [0.4, 0.5) is 0 Å². The zero-order valence-corrected chi connectivity index (χ0v) is 19.2. The number of nitrogens with zero attached hydrogens (tertiary/aromatic N) is 1. The molecule has 31 heavy (non-hydrogen) atoms. The normalized spacial score (nSPS) is 19.8. The molecule has 2 heterocycles. The van der Waals surface area contributed by atoms with E-state index in [2.05, 4.69) is 32.5 Å². The minimum Gasteiger partial charge on any atom is -0.348 e. The van der Waals surface area contributed by atoms with E-state index < -0.39 is 10.0 Å². The van der Waals surface area contributed by atoms with Crippen LogP contribution in [-0.4, -0.2) is 26.7 Å². The second-order valence-corrected chi connectivity index (χ2v) is 10.9. The van der Waals surface area contributed by atoms with Gasteiger partial charge in [-0.05, 0) is 55.2 Å². The number of hydrogen-bond donors (Lipinski definition) is 2. The van der Waals surface area contributed by atoms with E-state index in [1.807, 2.05) is 6.07 Å². The predicted molar refractivity (Wildman–Crippen MR) is 124 cm³/mol. The predicted octanol–water partition coefficient (Wildman–Crippen LogP) is 4.39. The van der Waals surface area contributed by atoms with Crippen LogP contribution < -0.4 is 10.0 Å². The van der Waals surface area contributed by atoms with Gasteiger partial charge in [0.05, 0.1) is 10.9 Å². The van der Waals surface area contributed by atoms with E-state index in [0.29, 0.717) is 30.3 Å². The summed E-state index contributed by atoms with van der Waals surface area (Å²) in [5.41, 5.74) is 0.633. The molecule has 1 atom stereocenters. The molecule has 1 amide bonds. The Balaban J connectivity index is 1.21. The lowest BCUT2D eigenvalue weighted by Gasteiger charge is -2.23. The number of fused-ring (bicyclic) bond motifs is 1. The maximum Gasteiger partial charge on any atom is 0.263 e. The summed E-state index contributed by atoms with van der Waals surface area (Å²) in [6.07, 6.45) is 7.91. The summed E-state index contributed by atoms with van der Waals surface area (Å²) >= 11 is 1.72. The molecule has 1 fully saturated rings. The first-order valence-electron chi connectivity index (χ1n) is 11.0. The number of nitrogens with one attached hydrogen (secondary N) is 2. The second-order valence-electron chi connectivity index (χ2n) is 8.25. The van der Waals surface area contributed by atoms with Crippen molar-refractivity contribution in [3.05, 3.63) is 52.2 Å². The molecule has 0 saturated heterocycles. The van der Waals surface area contributed by atoms with Crippen molar-refractivity contribution in [3.8, 4) is 0 Å². The molecule has 2 N–H and O–H groups in total. The number of amides is 1. The fourth-order valence-electron chi connectivity index (χ4n) is 4.44. The first-order chi connectivity index (χ1) is 15.0. The van der Waals surface area contributed by atoms with Crippen LogP contribution in [0.2, 0.25) is 0 Å². The molecule has 6 nitrogen and oxygen atoms in total. The number of amidine groups is 1. The number of sulfonamides is 1. The second kappa shape index (κ2) is 9.96. The third-order valence-electron chi connectivity index (χ3n) is 6.03. The van der Waals surface area contributed by atoms with Gasteiger partial charge in [0.15, 0.2) is 0 Å². The summed E-state index contributed by atoms with van der Waals surface area (Å²) in [5, 5.41) is 5.36. The van der Waals surface area contributed by atoms with E-state index in [0.717, 1.165) is 19.3 Å².